The van der Waals surface area contributed by atoms with Crippen molar-refractivity contribution in [3.05, 3.63) is 6.92 Å². The van der Waals surface area contributed by atoms with Gasteiger partial charge in [0.2, 0.25) is 0 Å². The molecular weight excluding hydrogens is 196 g/mol. The summed E-state index contributed by atoms with van der Waals surface area (Å²) in [6.07, 6.45) is 5.86. The maximum Gasteiger partial charge on any atom is 0.306 e. The summed E-state index contributed by atoms with van der Waals surface area (Å²) in [4.78, 5) is 11.6. The SMILES string of the molecule is [CH2]CC(=O)OCC(=S)CCCCCC. The van der Waals surface area contributed by atoms with Gasteiger partial charge in [-0.15, -0.1) is 0 Å². The normalized spacial score (nSPS) is 9.86. The Morgan fingerprint density at radius 1 is 1.36 bits per heavy atom. The summed E-state index contributed by atoms with van der Waals surface area (Å²) < 4.78 is 4.87. The van der Waals surface area contributed by atoms with E-state index in [1.165, 1.54) is 19.3 Å². The fourth-order valence-corrected chi connectivity index (χ4v) is 1.26. The third-order valence-corrected chi connectivity index (χ3v) is 2.23. The number of esters is 1. The van der Waals surface area contributed by atoms with E-state index >= 15 is 0 Å². The topological polar surface area (TPSA) is 26.3 Å². The number of thiocarbonyl (C=S) groups is 1. The second kappa shape index (κ2) is 9.13. The summed E-state index contributed by atoms with van der Waals surface area (Å²) in [5.41, 5.74) is 0. The van der Waals surface area contributed by atoms with Crippen molar-refractivity contribution in [2.45, 2.75) is 45.4 Å². The molecule has 81 valence electrons. The van der Waals surface area contributed by atoms with E-state index in [0.717, 1.165) is 17.7 Å². The summed E-state index contributed by atoms with van der Waals surface area (Å²) in [7, 11) is 0. The van der Waals surface area contributed by atoms with Crippen molar-refractivity contribution in [3.63, 3.8) is 0 Å². The second-order valence-electron chi connectivity index (χ2n) is 3.26. The molecule has 0 atom stereocenters. The van der Waals surface area contributed by atoms with Crippen molar-refractivity contribution in [1.82, 2.24) is 0 Å². The van der Waals surface area contributed by atoms with Crippen molar-refractivity contribution in [2.24, 2.45) is 0 Å². The molecule has 0 aromatic carbocycles. The van der Waals surface area contributed by atoms with E-state index in [-0.39, 0.29) is 19.0 Å². The Bertz CT molecular complexity index is 178. The van der Waals surface area contributed by atoms with Crippen LogP contribution in [0.25, 0.3) is 0 Å². The summed E-state index contributed by atoms with van der Waals surface area (Å²) in [6.45, 7) is 5.89. The Hall–Kier alpha value is -0.440. The molecule has 0 saturated heterocycles. The van der Waals surface area contributed by atoms with E-state index in [0.29, 0.717) is 0 Å². The van der Waals surface area contributed by atoms with Crippen molar-refractivity contribution >= 4 is 23.1 Å². The molecule has 0 heterocycles. The van der Waals surface area contributed by atoms with Gasteiger partial charge in [-0.3, -0.25) is 4.79 Å². The average molecular weight is 215 g/mol. The van der Waals surface area contributed by atoms with Crippen LogP contribution in [0.15, 0.2) is 0 Å². The molecule has 0 amide bonds. The predicted octanol–water partition coefficient (Wildman–Crippen LogP) is 3.09. The largest absolute Gasteiger partial charge is 0.460 e. The van der Waals surface area contributed by atoms with Crippen LogP contribution in [0.1, 0.15) is 45.4 Å². The van der Waals surface area contributed by atoms with E-state index in [1.807, 2.05) is 0 Å². The number of hydrogen-bond acceptors (Lipinski definition) is 3. The Morgan fingerprint density at radius 2 is 2.07 bits per heavy atom. The van der Waals surface area contributed by atoms with Gasteiger partial charge in [0.1, 0.15) is 6.61 Å². The highest BCUT2D eigenvalue weighted by Gasteiger charge is 2.01. The van der Waals surface area contributed by atoms with Gasteiger partial charge in [0, 0.05) is 11.3 Å². The lowest BCUT2D eigenvalue weighted by atomic mass is 10.1. The maximum absolute atomic E-state index is 10.7. The van der Waals surface area contributed by atoms with Gasteiger partial charge in [-0.2, -0.15) is 0 Å². The predicted molar refractivity (Wildman–Crippen MR) is 62.3 cm³/mol. The second-order valence-corrected chi connectivity index (χ2v) is 3.84. The van der Waals surface area contributed by atoms with Crippen molar-refractivity contribution in [2.75, 3.05) is 6.61 Å². The standard InChI is InChI=1S/C11H19O2S/c1-3-5-6-7-8-10(14)9-13-11(12)4-2/h2-9H2,1H3. The van der Waals surface area contributed by atoms with Crippen LogP contribution >= 0.6 is 12.2 Å². The molecule has 2 nitrogen and oxygen atoms in total. The van der Waals surface area contributed by atoms with Gasteiger partial charge >= 0.3 is 5.97 Å². The molecule has 14 heavy (non-hydrogen) atoms. The van der Waals surface area contributed by atoms with Crippen LogP contribution in [0.2, 0.25) is 0 Å². The number of ether oxygens (including phenoxy) is 1. The number of hydrogen-bond donors (Lipinski definition) is 0. The quantitative estimate of drug-likeness (QED) is 0.353. The first-order valence-corrected chi connectivity index (χ1v) is 5.58. The number of unbranched alkanes of at least 4 members (excludes halogenated alkanes) is 3. The lowest BCUT2D eigenvalue weighted by molar-refractivity contribution is -0.140. The van der Waals surface area contributed by atoms with Crippen molar-refractivity contribution in [1.29, 1.82) is 0 Å². The van der Waals surface area contributed by atoms with Crippen LogP contribution in [0, 0.1) is 6.92 Å². The molecule has 0 saturated carbocycles. The Morgan fingerprint density at radius 3 is 2.64 bits per heavy atom. The molecule has 0 aromatic rings. The summed E-state index contributed by atoms with van der Waals surface area (Å²) in [5.74, 6) is -0.277. The molecular formula is C11H19O2S. The van der Waals surface area contributed by atoms with Gasteiger partial charge in [0.15, 0.2) is 0 Å². The number of carbonyl (C=O) groups excluding carboxylic acids is 1. The van der Waals surface area contributed by atoms with Gasteiger partial charge in [0.05, 0.1) is 0 Å². The molecule has 0 fully saturated rings. The van der Waals surface area contributed by atoms with E-state index in [4.69, 9.17) is 17.0 Å². The monoisotopic (exact) mass is 215 g/mol. The molecule has 0 aliphatic carbocycles. The fraction of sp³-hybridized carbons (Fsp3) is 0.727. The Kier molecular flexibility index (Phi) is 8.84. The summed E-state index contributed by atoms with van der Waals surface area (Å²) in [6, 6.07) is 0. The molecule has 0 spiro atoms. The Balaban J connectivity index is 3.32. The van der Waals surface area contributed by atoms with E-state index < -0.39 is 0 Å². The molecule has 0 aliphatic heterocycles. The van der Waals surface area contributed by atoms with E-state index in [2.05, 4.69) is 13.8 Å². The molecule has 0 N–H and O–H groups in total. The summed E-state index contributed by atoms with van der Waals surface area (Å²) >= 11 is 5.07. The molecule has 0 bridgehead atoms. The minimum absolute atomic E-state index is 0.179. The van der Waals surface area contributed by atoms with Crippen LogP contribution in [0.4, 0.5) is 0 Å². The van der Waals surface area contributed by atoms with E-state index in [1.54, 1.807) is 0 Å². The van der Waals surface area contributed by atoms with Crippen LogP contribution in [0.3, 0.4) is 0 Å². The van der Waals surface area contributed by atoms with Crippen LogP contribution in [-0.2, 0) is 9.53 Å². The third-order valence-electron chi connectivity index (χ3n) is 1.91. The highest BCUT2D eigenvalue weighted by Crippen LogP contribution is 2.04. The van der Waals surface area contributed by atoms with Gasteiger partial charge in [0.25, 0.3) is 0 Å². The number of rotatable bonds is 8. The molecule has 0 rings (SSSR count). The fourth-order valence-electron chi connectivity index (χ4n) is 1.05. The smallest absolute Gasteiger partial charge is 0.306 e. The first-order chi connectivity index (χ1) is 6.70. The third kappa shape index (κ3) is 8.17. The van der Waals surface area contributed by atoms with Crippen molar-refractivity contribution < 1.29 is 9.53 Å². The van der Waals surface area contributed by atoms with Gasteiger partial charge in [-0.1, -0.05) is 38.4 Å². The lowest BCUT2D eigenvalue weighted by Crippen LogP contribution is -2.11. The van der Waals surface area contributed by atoms with E-state index in [9.17, 15) is 4.79 Å². The zero-order chi connectivity index (χ0) is 10.8. The Labute approximate surface area is 92.0 Å². The first kappa shape index (κ1) is 13.6. The lowest BCUT2D eigenvalue weighted by Gasteiger charge is -2.04. The van der Waals surface area contributed by atoms with Crippen LogP contribution < -0.4 is 0 Å². The van der Waals surface area contributed by atoms with Crippen LogP contribution in [0.5, 0.6) is 0 Å². The molecule has 0 unspecified atom stereocenters. The zero-order valence-corrected chi connectivity index (χ0v) is 9.70. The maximum atomic E-state index is 10.7. The molecule has 0 aliphatic rings. The van der Waals surface area contributed by atoms with Gasteiger partial charge in [-0.05, 0) is 19.8 Å². The minimum atomic E-state index is -0.277. The highest BCUT2D eigenvalue weighted by atomic mass is 32.1. The van der Waals surface area contributed by atoms with Crippen LogP contribution in [-0.4, -0.2) is 17.4 Å². The zero-order valence-electron chi connectivity index (χ0n) is 8.88. The first-order valence-electron chi connectivity index (χ1n) is 5.17. The van der Waals surface area contributed by atoms with Gasteiger partial charge < -0.3 is 4.74 Å². The minimum Gasteiger partial charge on any atom is -0.460 e. The summed E-state index contributed by atoms with van der Waals surface area (Å²) in [5, 5.41) is 0. The van der Waals surface area contributed by atoms with Gasteiger partial charge in [-0.25, -0.2) is 0 Å². The average Bonchev–Trinajstić information content (AvgIpc) is 2.21. The highest BCUT2D eigenvalue weighted by molar-refractivity contribution is 7.80. The molecule has 1 radical (unpaired) electrons. The molecule has 3 heteroatoms. The number of carbonyl (C=O) groups is 1. The van der Waals surface area contributed by atoms with Crippen molar-refractivity contribution in [3.8, 4) is 0 Å². The molecule has 0 aromatic heterocycles.